The van der Waals surface area contributed by atoms with E-state index in [0.29, 0.717) is 5.56 Å². The molecule has 1 rings (SSSR count). The number of sulfone groups is 1. The summed E-state index contributed by atoms with van der Waals surface area (Å²) in [6, 6.07) is 5.56. The van der Waals surface area contributed by atoms with E-state index in [1.165, 1.54) is 24.3 Å². The van der Waals surface area contributed by atoms with Gasteiger partial charge < -0.3 is 11.5 Å². The molecule has 0 aliphatic rings. The van der Waals surface area contributed by atoms with Gasteiger partial charge in [0.2, 0.25) is 0 Å². The van der Waals surface area contributed by atoms with Crippen molar-refractivity contribution in [3.05, 3.63) is 29.8 Å². The summed E-state index contributed by atoms with van der Waals surface area (Å²) in [7, 11) is -3.56. The molecule has 86 valence electrons. The number of nitrogens with one attached hydrogen (secondary N) is 2. The quantitative estimate of drug-likeness (QED) is 0.423. The molecule has 0 atom stereocenters. The second-order valence-corrected chi connectivity index (χ2v) is 5.21. The Morgan fingerprint density at radius 2 is 1.62 bits per heavy atom. The zero-order valence-corrected chi connectivity index (χ0v) is 9.21. The second-order valence-electron chi connectivity index (χ2n) is 3.22. The van der Waals surface area contributed by atoms with Crippen LogP contribution in [0.1, 0.15) is 5.56 Å². The highest BCUT2D eigenvalue weighted by Crippen LogP contribution is 2.12. The lowest BCUT2D eigenvalue weighted by molar-refractivity contribution is 0.599. The molecule has 7 heteroatoms. The van der Waals surface area contributed by atoms with Gasteiger partial charge in [0.25, 0.3) is 0 Å². The zero-order chi connectivity index (χ0) is 12.3. The average Bonchev–Trinajstić information content (AvgIpc) is 2.16. The van der Waals surface area contributed by atoms with Crippen molar-refractivity contribution >= 4 is 21.5 Å². The fourth-order valence-corrected chi connectivity index (χ4v) is 2.26. The molecule has 0 saturated heterocycles. The van der Waals surface area contributed by atoms with Gasteiger partial charge in [0.15, 0.2) is 9.84 Å². The molecule has 0 heterocycles. The molecule has 0 unspecified atom stereocenters. The van der Waals surface area contributed by atoms with Crippen LogP contribution in [0.4, 0.5) is 0 Å². The van der Waals surface area contributed by atoms with Crippen molar-refractivity contribution in [2.75, 3.05) is 5.75 Å². The number of rotatable bonds is 4. The molecular weight excluding hydrogens is 228 g/mol. The summed E-state index contributed by atoms with van der Waals surface area (Å²) in [6.07, 6.45) is 0. The van der Waals surface area contributed by atoms with Crippen LogP contribution in [-0.2, 0) is 9.84 Å². The van der Waals surface area contributed by atoms with Crippen LogP contribution >= 0.6 is 0 Å². The van der Waals surface area contributed by atoms with E-state index in [9.17, 15) is 8.42 Å². The summed E-state index contributed by atoms with van der Waals surface area (Å²) in [5, 5.41) is 14.1. The van der Waals surface area contributed by atoms with Crippen molar-refractivity contribution < 1.29 is 8.42 Å². The number of nitrogens with two attached hydrogens (primary N) is 2. The number of nitrogen functional groups attached to an aromatic ring is 1. The first-order valence-corrected chi connectivity index (χ1v) is 5.98. The first-order valence-electron chi connectivity index (χ1n) is 4.33. The fourth-order valence-electron chi connectivity index (χ4n) is 1.13. The maximum absolute atomic E-state index is 11.6. The minimum absolute atomic E-state index is 0.0627. The van der Waals surface area contributed by atoms with Gasteiger partial charge in [-0.15, -0.1) is 0 Å². The molecule has 0 aliphatic heterocycles. The second kappa shape index (κ2) is 4.31. The predicted octanol–water partition coefficient (Wildman–Crippen LogP) is -0.320. The largest absolute Gasteiger partial charge is 0.387 e. The van der Waals surface area contributed by atoms with E-state index in [2.05, 4.69) is 0 Å². The van der Waals surface area contributed by atoms with Gasteiger partial charge >= 0.3 is 0 Å². The molecule has 0 radical (unpaired) electrons. The molecule has 16 heavy (non-hydrogen) atoms. The van der Waals surface area contributed by atoms with Crippen molar-refractivity contribution in [2.45, 2.75) is 4.90 Å². The molecule has 0 spiro atoms. The molecule has 1 aromatic carbocycles. The summed E-state index contributed by atoms with van der Waals surface area (Å²) in [5.41, 5.74) is 10.7. The summed E-state index contributed by atoms with van der Waals surface area (Å²) in [6.45, 7) is 0. The number of amidine groups is 2. The van der Waals surface area contributed by atoms with E-state index >= 15 is 0 Å². The van der Waals surface area contributed by atoms with Crippen LogP contribution in [0.15, 0.2) is 29.2 Å². The molecule has 0 saturated carbocycles. The predicted molar refractivity (Wildman–Crippen MR) is 61.4 cm³/mol. The van der Waals surface area contributed by atoms with Gasteiger partial charge in [0.1, 0.15) is 17.4 Å². The van der Waals surface area contributed by atoms with E-state index in [-0.39, 0.29) is 10.7 Å². The van der Waals surface area contributed by atoms with Crippen molar-refractivity contribution in [3.8, 4) is 0 Å². The van der Waals surface area contributed by atoms with E-state index in [1.807, 2.05) is 0 Å². The third kappa shape index (κ3) is 2.80. The Hall–Kier alpha value is -1.89. The van der Waals surface area contributed by atoms with Crippen LogP contribution in [0, 0.1) is 10.8 Å². The average molecular weight is 240 g/mol. The first-order chi connectivity index (χ1) is 7.33. The SMILES string of the molecule is N=C(N)CS(=O)(=O)c1ccc(C(=N)N)cc1. The summed E-state index contributed by atoms with van der Waals surface area (Å²) >= 11 is 0. The number of benzene rings is 1. The normalized spacial score (nSPS) is 11.0. The Balaban J connectivity index is 3.07. The topological polar surface area (TPSA) is 134 Å². The van der Waals surface area contributed by atoms with E-state index in [0.717, 1.165) is 0 Å². The van der Waals surface area contributed by atoms with Crippen molar-refractivity contribution in [2.24, 2.45) is 11.5 Å². The summed E-state index contributed by atoms with van der Waals surface area (Å²) < 4.78 is 23.2. The van der Waals surface area contributed by atoms with Crippen molar-refractivity contribution in [1.29, 1.82) is 10.8 Å². The van der Waals surface area contributed by atoms with Crippen LogP contribution in [0.25, 0.3) is 0 Å². The Bertz CT molecular complexity index is 519. The fraction of sp³-hybridized carbons (Fsp3) is 0.111. The molecule has 0 aliphatic carbocycles. The van der Waals surface area contributed by atoms with Gasteiger partial charge in [-0.2, -0.15) is 0 Å². The van der Waals surface area contributed by atoms with Crippen LogP contribution < -0.4 is 11.5 Å². The van der Waals surface area contributed by atoms with Crippen molar-refractivity contribution in [1.82, 2.24) is 0 Å². The molecule has 0 amide bonds. The summed E-state index contributed by atoms with van der Waals surface area (Å²) in [4.78, 5) is 0.0627. The number of hydrogen-bond donors (Lipinski definition) is 4. The molecule has 1 aromatic rings. The summed E-state index contributed by atoms with van der Waals surface area (Å²) in [5.74, 6) is -1.04. The first kappa shape index (κ1) is 12.2. The minimum atomic E-state index is -3.56. The molecule has 6 nitrogen and oxygen atoms in total. The van der Waals surface area contributed by atoms with Gasteiger partial charge in [0, 0.05) is 5.56 Å². The van der Waals surface area contributed by atoms with Crippen LogP contribution in [0.5, 0.6) is 0 Å². The van der Waals surface area contributed by atoms with Crippen LogP contribution in [-0.4, -0.2) is 25.8 Å². The molecule has 0 fully saturated rings. The van der Waals surface area contributed by atoms with Crippen LogP contribution in [0.3, 0.4) is 0 Å². The maximum Gasteiger partial charge on any atom is 0.185 e. The Morgan fingerprint density at radius 3 is 2.00 bits per heavy atom. The third-order valence-electron chi connectivity index (χ3n) is 1.87. The zero-order valence-electron chi connectivity index (χ0n) is 8.40. The van der Waals surface area contributed by atoms with E-state index in [4.69, 9.17) is 22.3 Å². The molecule has 0 aromatic heterocycles. The number of hydrogen-bond acceptors (Lipinski definition) is 4. The lowest BCUT2D eigenvalue weighted by Crippen LogP contribution is -2.22. The highest BCUT2D eigenvalue weighted by atomic mass is 32.2. The molecule has 0 bridgehead atoms. The minimum Gasteiger partial charge on any atom is -0.387 e. The lowest BCUT2D eigenvalue weighted by atomic mass is 10.2. The van der Waals surface area contributed by atoms with E-state index < -0.39 is 21.4 Å². The Morgan fingerprint density at radius 1 is 1.12 bits per heavy atom. The standard InChI is InChI=1S/C9H12N4O2S/c10-8(11)5-16(14,15)7-3-1-6(2-4-7)9(12)13/h1-4H,5H2,(H3,10,11)(H3,12,13). The maximum atomic E-state index is 11.6. The van der Waals surface area contributed by atoms with Gasteiger partial charge in [-0.3, -0.25) is 10.8 Å². The smallest absolute Gasteiger partial charge is 0.185 e. The highest BCUT2D eigenvalue weighted by molar-refractivity contribution is 7.92. The third-order valence-corrected chi connectivity index (χ3v) is 3.55. The van der Waals surface area contributed by atoms with Gasteiger partial charge in [-0.25, -0.2) is 8.42 Å². The lowest BCUT2D eigenvalue weighted by Gasteiger charge is -2.04. The molecular formula is C9H12N4O2S. The van der Waals surface area contributed by atoms with Gasteiger partial charge in [0.05, 0.1) is 4.90 Å². The van der Waals surface area contributed by atoms with Gasteiger partial charge in [-0.1, -0.05) is 12.1 Å². The monoisotopic (exact) mass is 240 g/mol. The molecule has 6 N–H and O–H groups in total. The van der Waals surface area contributed by atoms with Crippen LogP contribution in [0.2, 0.25) is 0 Å². The van der Waals surface area contributed by atoms with Gasteiger partial charge in [-0.05, 0) is 12.1 Å². The van der Waals surface area contributed by atoms with Crippen molar-refractivity contribution in [3.63, 3.8) is 0 Å². The Labute approximate surface area is 93.2 Å². The van der Waals surface area contributed by atoms with E-state index in [1.54, 1.807) is 0 Å². The Kier molecular flexibility index (Phi) is 3.28. The highest BCUT2D eigenvalue weighted by Gasteiger charge is 2.15.